The van der Waals surface area contributed by atoms with Gasteiger partial charge < -0.3 is 15.0 Å². The van der Waals surface area contributed by atoms with E-state index in [1.54, 1.807) is 18.3 Å². The molecular formula is C8H8N2O3. The molecule has 0 aliphatic carbocycles. The van der Waals surface area contributed by atoms with Gasteiger partial charge in [0, 0.05) is 11.8 Å². The second-order valence-corrected chi connectivity index (χ2v) is 2.75. The van der Waals surface area contributed by atoms with Gasteiger partial charge in [-0.05, 0) is 12.1 Å². The molecule has 0 radical (unpaired) electrons. The van der Waals surface area contributed by atoms with E-state index in [1.165, 1.54) is 0 Å². The van der Waals surface area contributed by atoms with E-state index in [0.29, 0.717) is 5.56 Å². The Labute approximate surface area is 73.7 Å². The fourth-order valence-electron chi connectivity index (χ4n) is 1.26. The van der Waals surface area contributed by atoms with Gasteiger partial charge in [-0.1, -0.05) is 0 Å². The van der Waals surface area contributed by atoms with Crippen molar-refractivity contribution in [3.63, 3.8) is 0 Å². The first-order valence-corrected chi connectivity index (χ1v) is 3.88. The molecule has 2 rings (SSSR count). The van der Waals surface area contributed by atoms with E-state index in [9.17, 15) is 9.59 Å². The molecule has 13 heavy (non-hydrogen) atoms. The molecule has 1 atom stereocenters. The average molecular weight is 180 g/mol. The largest absolute Gasteiger partial charge is 0.447 e. The normalized spacial score (nSPS) is 20.9. The Morgan fingerprint density at radius 2 is 2.31 bits per heavy atom. The summed E-state index contributed by atoms with van der Waals surface area (Å²) in [6.07, 6.45) is 1.07. The number of H-pyrrole nitrogens is 1. The van der Waals surface area contributed by atoms with Gasteiger partial charge in [0.25, 0.3) is 5.56 Å². The first kappa shape index (κ1) is 7.85. The van der Waals surface area contributed by atoms with Crippen LogP contribution in [0.25, 0.3) is 0 Å². The second kappa shape index (κ2) is 2.93. The summed E-state index contributed by atoms with van der Waals surface area (Å²) >= 11 is 0. The number of rotatable bonds is 1. The standard InChI is InChI=1S/C8H8N2O3/c11-7-5(2-1-3-9-7)6-4-13-8(12)10-6/h1-3,6H,4H2,(H,9,11)(H,10,12). The molecule has 1 aromatic heterocycles. The summed E-state index contributed by atoms with van der Waals surface area (Å²) in [5, 5.41) is 2.53. The molecule has 0 saturated carbocycles. The molecule has 1 aromatic rings. The highest BCUT2D eigenvalue weighted by Gasteiger charge is 2.25. The van der Waals surface area contributed by atoms with Crippen molar-refractivity contribution in [2.45, 2.75) is 6.04 Å². The molecular weight excluding hydrogens is 172 g/mol. The molecule has 0 bridgehead atoms. The number of amides is 1. The van der Waals surface area contributed by atoms with E-state index in [2.05, 4.69) is 15.0 Å². The molecule has 1 saturated heterocycles. The van der Waals surface area contributed by atoms with Gasteiger partial charge in [0.05, 0.1) is 6.04 Å². The molecule has 5 nitrogen and oxygen atoms in total. The summed E-state index contributed by atoms with van der Waals surface area (Å²) in [6, 6.07) is 3.05. The van der Waals surface area contributed by atoms with Crippen LogP contribution in [0.4, 0.5) is 4.79 Å². The second-order valence-electron chi connectivity index (χ2n) is 2.75. The molecule has 68 valence electrons. The van der Waals surface area contributed by atoms with Crippen LogP contribution in [0.5, 0.6) is 0 Å². The van der Waals surface area contributed by atoms with Crippen molar-refractivity contribution < 1.29 is 9.53 Å². The zero-order chi connectivity index (χ0) is 9.26. The Kier molecular flexibility index (Phi) is 1.77. The molecule has 2 N–H and O–H groups in total. The maximum absolute atomic E-state index is 11.3. The predicted molar refractivity (Wildman–Crippen MR) is 44.3 cm³/mol. The summed E-state index contributed by atoms with van der Waals surface area (Å²) < 4.78 is 4.67. The van der Waals surface area contributed by atoms with E-state index in [-0.39, 0.29) is 18.2 Å². The van der Waals surface area contributed by atoms with Gasteiger partial charge in [0.1, 0.15) is 6.61 Å². The highest BCUT2D eigenvalue weighted by atomic mass is 16.6. The fourth-order valence-corrected chi connectivity index (χ4v) is 1.26. The molecule has 1 unspecified atom stereocenters. The Hall–Kier alpha value is -1.78. The minimum Gasteiger partial charge on any atom is -0.447 e. The topological polar surface area (TPSA) is 71.2 Å². The van der Waals surface area contributed by atoms with Crippen LogP contribution in [0.15, 0.2) is 23.1 Å². The molecule has 5 heteroatoms. The molecule has 0 aromatic carbocycles. The first-order chi connectivity index (χ1) is 6.27. The van der Waals surface area contributed by atoms with Crippen LogP contribution < -0.4 is 10.9 Å². The Morgan fingerprint density at radius 3 is 2.92 bits per heavy atom. The first-order valence-electron chi connectivity index (χ1n) is 3.88. The third kappa shape index (κ3) is 1.40. The van der Waals surface area contributed by atoms with Gasteiger partial charge in [-0.25, -0.2) is 4.79 Å². The lowest BCUT2D eigenvalue weighted by molar-refractivity contribution is 0.177. The third-order valence-electron chi connectivity index (χ3n) is 1.90. The summed E-state index contributed by atoms with van der Waals surface area (Å²) in [6.45, 7) is 0.214. The fraction of sp³-hybridized carbons (Fsp3) is 0.250. The number of cyclic esters (lactones) is 1. The molecule has 1 aliphatic rings. The molecule has 1 fully saturated rings. The van der Waals surface area contributed by atoms with Crippen LogP contribution in [0.3, 0.4) is 0 Å². The number of pyridine rings is 1. The number of alkyl carbamates (subject to hydrolysis) is 1. The van der Waals surface area contributed by atoms with Crippen molar-refractivity contribution in [1.29, 1.82) is 0 Å². The van der Waals surface area contributed by atoms with Crippen molar-refractivity contribution in [1.82, 2.24) is 10.3 Å². The van der Waals surface area contributed by atoms with Gasteiger partial charge in [-0.15, -0.1) is 0 Å². The number of carbonyl (C=O) groups excluding carboxylic acids is 1. The van der Waals surface area contributed by atoms with E-state index in [0.717, 1.165) is 0 Å². The van der Waals surface area contributed by atoms with Gasteiger partial charge in [0.2, 0.25) is 0 Å². The minimum atomic E-state index is -0.478. The quantitative estimate of drug-likeness (QED) is 0.646. The number of nitrogens with one attached hydrogen (secondary N) is 2. The summed E-state index contributed by atoms with van der Waals surface area (Å²) in [5.74, 6) is 0. The van der Waals surface area contributed by atoms with Crippen LogP contribution in [0.2, 0.25) is 0 Å². The van der Waals surface area contributed by atoms with E-state index in [4.69, 9.17) is 0 Å². The van der Waals surface area contributed by atoms with E-state index >= 15 is 0 Å². The summed E-state index contributed by atoms with van der Waals surface area (Å²) in [7, 11) is 0. The van der Waals surface area contributed by atoms with Crippen LogP contribution in [-0.2, 0) is 4.74 Å². The average Bonchev–Trinajstić information content (AvgIpc) is 2.53. The van der Waals surface area contributed by atoms with Crippen LogP contribution >= 0.6 is 0 Å². The Balaban J connectivity index is 2.31. The van der Waals surface area contributed by atoms with E-state index in [1.807, 2.05) is 0 Å². The van der Waals surface area contributed by atoms with Gasteiger partial charge in [-0.2, -0.15) is 0 Å². The third-order valence-corrected chi connectivity index (χ3v) is 1.90. The highest BCUT2D eigenvalue weighted by Crippen LogP contribution is 2.13. The molecule has 0 spiro atoms. The number of aromatic amines is 1. The zero-order valence-corrected chi connectivity index (χ0v) is 6.74. The lowest BCUT2D eigenvalue weighted by Crippen LogP contribution is -2.24. The van der Waals surface area contributed by atoms with Crippen molar-refractivity contribution in [2.75, 3.05) is 6.61 Å². The number of hydrogen-bond donors (Lipinski definition) is 2. The number of carbonyl (C=O) groups is 1. The van der Waals surface area contributed by atoms with Crippen molar-refractivity contribution >= 4 is 6.09 Å². The summed E-state index contributed by atoms with van der Waals surface area (Å²) in [5.41, 5.74) is 0.326. The molecule has 1 aliphatic heterocycles. The molecule has 1 amide bonds. The van der Waals surface area contributed by atoms with Crippen LogP contribution in [0, 0.1) is 0 Å². The number of hydrogen-bond acceptors (Lipinski definition) is 3. The van der Waals surface area contributed by atoms with Gasteiger partial charge in [0.15, 0.2) is 0 Å². The zero-order valence-electron chi connectivity index (χ0n) is 6.74. The predicted octanol–water partition coefficient (Wildman–Crippen LogP) is 0.156. The minimum absolute atomic E-state index is 0.196. The van der Waals surface area contributed by atoms with Crippen molar-refractivity contribution in [3.05, 3.63) is 34.2 Å². The Bertz CT molecular complexity index is 385. The number of ether oxygens (including phenoxy) is 1. The SMILES string of the molecule is O=C1NC(c2ccc[nH]c2=O)CO1. The van der Waals surface area contributed by atoms with Gasteiger partial charge in [-0.3, -0.25) is 4.79 Å². The Morgan fingerprint density at radius 1 is 1.46 bits per heavy atom. The lowest BCUT2D eigenvalue weighted by Gasteiger charge is -2.04. The smallest absolute Gasteiger partial charge is 0.407 e. The van der Waals surface area contributed by atoms with Crippen molar-refractivity contribution in [2.24, 2.45) is 0 Å². The lowest BCUT2D eigenvalue weighted by atomic mass is 10.1. The number of aromatic nitrogens is 1. The van der Waals surface area contributed by atoms with Crippen molar-refractivity contribution in [3.8, 4) is 0 Å². The maximum atomic E-state index is 11.3. The van der Waals surface area contributed by atoms with Crippen LogP contribution in [-0.4, -0.2) is 17.7 Å². The maximum Gasteiger partial charge on any atom is 0.407 e. The highest BCUT2D eigenvalue weighted by molar-refractivity contribution is 5.69. The monoisotopic (exact) mass is 180 g/mol. The van der Waals surface area contributed by atoms with Gasteiger partial charge >= 0.3 is 6.09 Å². The van der Waals surface area contributed by atoms with E-state index < -0.39 is 6.09 Å². The van der Waals surface area contributed by atoms with Crippen LogP contribution in [0.1, 0.15) is 11.6 Å². The molecule has 2 heterocycles. The summed E-state index contributed by atoms with van der Waals surface area (Å²) in [4.78, 5) is 24.5.